The van der Waals surface area contributed by atoms with Crippen LogP contribution in [0.5, 0.6) is 0 Å². The number of nitrogens with zero attached hydrogens (tertiary/aromatic N) is 2. The zero-order valence-corrected chi connectivity index (χ0v) is 9.68. The van der Waals surface area contributed by atoms with Crippen LogP contribution in [0.3, 0.4) is 0 Å². The number of esters is 1. The zero-order chi connectivity index (χ0) is 12.3. The lowest BCUT2D eigenvalue weighted by atomic mass is 10.2. The minimum absolute atomic E-state index is 0.347. The van der Waals surface area contributed by atoms with Gasteiger partial charge >= 0.3 is 5.97 Å². The number of hydrogen-bond donors (Lipinski definition) is 1. The molecule has 17 heavy (non-hydrogen) atoms. The van der Waals surface area contributed by atoms with Crippen molar-refractivity contribution in [2.75, 3.05) is 12.4 Å². The molecule has 2 aromatic rings. The van der Waals surface area contributed by atoms with E-state index in [0.717, 1.165) is 11.4 Å². The maximum absolute atomic E-state index is 11.4. The van der Waals surface area contributed by atoms with Crippen LogP contribution in [0.25, 0.3) is 0 Å². The summed E-state index contributed by atoms with van der Waals surface area (Å²) in [5, 5.41) is 7.20. The quantitative estimate of drug-likeness (QED) is 0.820. The molecule has 0 saturated carbocycles. The van der Waals surface area contributed by atoms with Gasteiger partial charge in [0.1, 0.15) is 0 Å². The first kappa shape index (κ1) is 11.2. The summed E-state index contributed by atoms with van der Waals surface area (Å²) >= 11 is 0. The van der Waals surface area contributed by atoms with E-state index in [0.29, 0.717) is 5.56 Å². The number of carbonyl (C=O) groups excluding carboxylic acids is 1. The number of ether oxygens (including phenoxy) is 1. The lowest BCUT2D eigenvalue weighted by Gasteiger charge is -2.05. The van der Waals surface area contributed by atoms with E-state index in [4.69, 9.17) is 0 Å². The summed E-state index contributed by atoms with van der Waals surface area (Å²) in [5.41, 5.74) is 2.21. The second kappa shape index (κ2) is 4.69. The first-order chi connectivity index (χ1) is 8.19. The van der Waals surface area contributed by atoms with Crippen molar-refractivity contribution in [2.45, 2.75) is 0 Å². The van der Waals surface area contributed by atoms with Crippen LogP contribution in [-0.4, -0.2) is 22.9 Å². The fraction of sp³-hybridized carbons (Fsp3) is 0.167. The SMILES string of the molecule is COC(=O)c1cccc(Nc2cnn(C)c2)c1. The molecule has 0 bridgehead atoms. The predicted octanol–water partition coefficient (Wildman–Crippen LogP) is 1.95. The smallest absolute Gasteiger partial charge is 0.337 e. The fourth-order valence-corrected chi connectivity index (χ4v) is 1.49. The second-order valence-electron chi connectivity index (χ2n) is 3.60. The molecule has 0 unspecified atom stereocenters. The summed E-state index contributed by atoms with van der Waals surface area (Å²) in [4.78, 5) is 11.4. The Labute approximate surface area is 99.0 Å². The number of nitrogens with one attached hydrogen (secondary N) is 1. The van der Waals surface area contributed by atoms with E-state index in [2.05, 4.69) is 15.2 Å². The maximum atomic E-state index is 11.4. The van der Waals surface area contributed by atoms with Crippen LogP contribution in [-0.2, 0) is 11.8 Å². The highest BCUT2D eigenvalue weighted by Gasteiger charge is 2.05. The molecule has 1 aromatic heterocycles. The standard InChI is InChI=1S/C12H13N3O2/c1-15-8-11(7-13-15)14-10-5-3-4-9(6-10)12(16)17-2/h3-8,14H,1-2H3. The van der Waals surface area contributed by atoms with E-state index >= 15 is 0 Å². The highest BCUT2D eigenvalue weighted by Crippen LogP contribution is 2.17. The van der Waals surface area contributed by atoms with Crippen molar-refractivity contribution in [3.05, 3.63) is 42.2 Å². The van der Waals surface area contributed by atoms with E-state index in [1.54, 1.807) is 29.1 Å². The Morgan fingerprint density at radius 3 is 2.88 bits per heavy atom. The van der Waals surface area contributed by atoms with Gasteiger partial charge in [0.25, 0.3) is 0 Å². The summed E-state index contributed by atoms with van der Waals surface area (Å²) in [7, 11) is 3.21. The summed E-state index contributed by atoms with van der Waals surface area (Å²) in [6.07, 6.45) is 3.57. The van der Waals surface area contributed by atoms with E-state index in [1.165, 1.54) is 7.11 Å². The van der Waals surface area contributed by atoms with Gasteiger partial charge in [-0.1, -0.05) is 6.07 Å². The van der Waals surface area contributed by atoms with Crippen LogP contribution in [0.1, 0.15) is 10.4 Å². The van der Waals surface area contributed by atoms with Crippen molar-refractivity contribution in [3.63, 3.8) is 0 Å². The van der Waals surface area contributed by atoms with Crippen LogP contribution in [0.15, 0.2) is 36.7 Å². The van der Waals surface area contributed by atoms with Crippen LogP contribution in [0.4, 0.5) is 11.4 Å². The van der Waals surface area contributed by atoms with Crippen molar-refractivity contribution in [3.8, 4) is 0 Å². The van der Waals surface area contributed by atoms with Gasteiger partial charge in [0.2, 0.25) is 0 Å². The van der Waals surface area contributed by atoms with Crippen molar-refractivity contribution in [2.24, 2.45) is 7.05 Å². The Morgan fingerprint density at radius 2 is 2.24 bits per heavy atom. The summed E-state index contributed by atoms with van der Waals surface area (Å²) in [6, 6.07) is 7.11. The Hall–Kier alpha value is -2.30. The van der Waals surface area contributed by atoms with Crippen molar-refractivity contribution >= 4 is 17.3 Å². The largest absolute Gasteiger partial charge is 0.465 e. The van der Waals surface area contributed by atoms with Crippen molar-refractivity contribution < 1.29 is 9.53 Å². The molecule has 0 aliphatic heterocycles. The molecule has 0 fully saturated rings. The molecule has 0 spiro atoms. The number of methoxy groups -OCH3 is 1. The maximum Gasteiger partial charge on any atom is 0.337 e. The van der Waals surface area contributed by atoms with Gasteiger partial charge in [0.15, 0.2) is 0 Å². The molecule has 0 amide bonds. The van der Waals surface area contributed by atoms with E-state index in [-0.39, 0.29) is 5.97 Å². The van der Waals surface area contributed by atoms with Crippen LogP contribution < -0.4 is 5.32 Å². The third kappa shape index (κ3) is 2.63. The van der Waals surface area contributed by atoms with E-state index in [9.17, 15) is 4.79 Å². The lowest BCUT2D eigenvalue weighted by molar-refractivity contribution is 0.0601. The number of benzene rings is 1. The molecule has 0 saturated heterocycles. The van der Waals surface area contributed by atoms with Gasteiger partial charge in [0.05, 0.1) is 24.6 Å². The molecule has 5 nitrogen and oxygen atoms in total. The molecule has 1 N–H and O–H groups in total. The van der Waals surface area contributed by atoms with Crippen molar-refractivity contribution in [1.29, 1.82) is 0 Å². The van der Waals surface area contributed by atoms with Gasteiger partial charge in [-0.15, -0.1) is 0 Å². The number of carbonyl (C=O) groups is 1. The van der Waals surface area contributed by atoms with Gasteiger partial charge in [-0.2, -0.15) is 5.10 Å². The molecular weight excluding hydrogens is 218 g/mol. The van der Waals surface area contributed by atoms with E-state index < -0.39 is 0 Å². The highest BCUT2D eigenvalue weighted by molar-refractivity contribution is 5.90. The molecule has 1 aromatic carbocycles. The molecule has 1 heterocycles. The molecule has 0 atom stereocenters. The molecule has 0 aliphatic carbocycles. The summed E-state index contributed by atoms with van der Waals surface area (Å²) < 4.78 is 6.36. The highest BCUT2D eigenvalue weighted by atomic mass is 16.5. The number of rotatable bonds is 3. The van der Waals surface area contributed by atoms with Gasteiger partial charge in [0, 0.05) is 18.9 Å². The zero-order valence-electron chi connectivity index (χ0n) is 9.68. The predicted molar refractivity (Wildman–Crippen MR) is 64.3 cm³/mol. The first-order valence-corrected chi connectivity index (χ1v) is 5.13. The first-order valence-electron chi connectivity index (χ1n) is 5.13. The average Bonchev–Trinajstić information content (AvgIpc) is 2.74. The van der Waals surface area contributed by atoms with Gasteiger partial charge in [-0.05, 0) is 18.2 Å². The summed E-state index contributed by atoms with van der Waals surface area (Å²) in [6.45, 7) is 0. The fourth-order valence-electron chi connectivity index (χ4n) is 1.49. The minimum atomic E-state index is -0.347. The minimum Gasteiger partial charge on any atom is -0.465 e. The number of anilines is 2. The second-order valence-corrected chi connectivity index (χ2v) is 3.60. The van der Waals surface area contributed by atoms with Crippen LogP contribution in [0.2, 0.25) is 0 Å². The molecule has 0 radical (unpaired) electrons. The molecular formula is C12H13N3O2. The normalized spacial score (nSPS) is 10.0. The summed E-state index contributed by atoms with van der Waals surface area (Å²) in [5.74, 6) is -0.347. The third-order valence-corrected chi connectivity index (χ3v) is 2.28. The Kier molecular flexibility index (Phi) is 3.09. The Morgan fingerprint density at radius 1 is 1.41 bits per heavy atom. The Balaban J connectivity index is 2.19. The number of hydrogen-bond acceptors (Lipinski definition) is 4. The molecule has 5 heteroatoms. The van der Waals surface area contributed by atoms with Crippen molar-refractivity contribution in [1.82, 2.24) is 9.78 Å². The Bertz CT molecular complexity index is 534. The van der Waals surface area contributed by atoms with Gasteiger partial charge in [-0.3, -0.25) is 4.68 Å². The third-order valence-electron chi connectivity index (χ3n) is 2.28. The molecule has 2 rings (SSSR count). The van der Waals surface area contributed by atoms with E-state index in [1.807, 2.05) is 19.3 Å². The molecule has 88 valence electrons. The number of aromatic nitrogens is 2. The number of aryl methyl sites for hydroxylation is 1. The topological polar surface area (TPSA) is 56.1 Å². The van der Waals surface area contributed by atoms with Crippen LogP contribution in [0, 0.1) is 0 Å². The molecule has 0 aliphatic rings. The van der Waals surface area contributed by atoms with Gasteiger partial charge < -0.3 is 10.1 Å². The monoisotopic (exact) mass is 231 g/mol. The average molecular weight is 231 g/mol. The van der Waals surface area contributed by atoms with Crippen LogP contribution >= 0.6 is 0 Å². The lowest BCUT2D eigenvalue weighted by Crippen LogP contribution is -2.01. The van der Waals surface area contributed by atoms with Gasteiger partial charge in [-0.25, -0.2) is 4.79 Å².